The van der Waals surface area contributed by atoms with Crippen LogP contribution in [-0.4, -0.2) is 28.9 Å². The molecule has 16 heavy (non-hydrogen) atoms. The van der Waals surface area contributed by atoms with Crippen LogP contribution >= 0.6 is 0 Å². The average molecular weight is 219 g/mol. The van der Waals surface area contributed by atoms with Crippen molar-refractivity contribution in [3.63, 3.8) is 0 Å². The molecule has 1 aromatic heterocycles. The maximum Gasteiger partial charge on any atom is 0.272 e. The van der Waals surface area contributed by atoms with Gasteiger partial charge < -0.3 is 10.6 Å². The molecule has 0 aromatic carbocycles. The molecule has 1 aliphatic heterocycles. The number of aromatic nitrogens is 1. The number of amides is 1. The Kier molecular flexibility index (Phi) is 3.51. The van der Waals surface area contributed by atoms with E-state index in [0.717, 1.165) is 31.5 Å². The van der Waals surface area contributed by atoms with E-state index in [4.69, 9.17) is 5.73 Å². The molecular formula is C12H17N3O. The molecule has 0 saturated carbocycles. The molecule has 1 amide bonds. The van der Waals surface area contributed by atoms with Gasteiger partial charge in [0.25, 0.3) is 5.91 Å². The van der Waals surface area contributed by atoms with Crippen molar-refractivity contribution in [3.8, 4) is 0 Å². The number of nitrogens with two attached hydrogens (primary N) is 1. The molecule has 1 fully saturated rings. The first kappa shape index (κ1) is 11.1. The van der Waals surface area contributed by atoms with Crippen LogP contribution in [0.25, 0.3) is 0 Å². The predicted molar refractivity (Wildman–Crippen MR) is 61.9 cm³/mol. The number of nitrogens with zero attached hydrogens (tertiary/aromatic N) is 2. The maximum atomic E-state index is 12.0. The summed E-state index contributed by atoms with van der Waals surface area (Å²) in [7, 11) is 0. The number of piperidine rings is 1. The third-order valence-corrected chi connectivity index (χ3v) is 2.92. The molecule has 4 nitrogen and oxygen atoms in total. The third kappa shape index (κ3) is 2.39. The highest BCUT2D eigenvalue weighted by molar-refractivity contribution is 5.92. The van der Waals surface area contributed by atoms with E-state index in [2.05, 4.69) is 4.98 Å². The third-order valence-electron chi connectivity index (χ3n) is 2.92. The lowest BCUT2D eigenvalue weighted by Gasteiger charge is -2.26. The second-order valence-electron chi connectivity index (χ2n) is 4.11. The van der Waals surface area contributed by atoms with Gasteiger partial charge in [0.1, 0.15) is 5.69 Å². The van der Waals surface area contributed by atoms with E-state index in [0.29, 0.717) is 12.2 Å². The van der Waals surface area contributed by atoms with Crippen molar-refractivity contribution in [2.24, 2.45) is 5.73 Å². The van der Waals surface area contributed by atoms with E-state index in [1.54, 1.807) is 12.3 Å². The fourth-order valence-corrected chi connectivity index (χ4v) is 1.93. The summed E-state index contributed by atoms with van der Waals surface area (Å²) in [6.45, 7) is 2.18. The van der Waals surface area contributed by atoms with E-state index < -0.39 is 0 Å². The highest BCUT2D eigenvalue weighted by Gasteiger charge is 2.18. The summed E-state index contributed by atoms with van der Waals surface area (Å²) in [6.07, 6.45) is 5.11. The Labute approximate surface area is 95.5 Å². The number of likely N-dealkylation sites (tertiary alicyclic amines) is 1. The molecule has 0 atom stereocenters. The Balaban J connectivity index is 2.07. The Morgan fingerprint density at radius 3 is 2.62 bits per heavy atom. The van der Waals surface area contributed by atoms with E-state index in [-0.39, 0.29) is 5.91 Å². The van der Waals surface area contributed by atoms with Crippen molar-refractivity contribution in [1.29, 1.82) is 0 Å². The van der Waals surface area contributed by atoms with Crippen LogP contribution in [0.1, 0.15) is 35.3 Å². The van der Waals surface area contributed by atoms with Gasteiger partial charge in [-0.3, -0.25) is 9.78 Å². The van der Waals surface area contributed by atoms with E-state index in [9.17, 15) is 4.79 Å². The first-order valence-corrected chi connectivity index (χ1v) is 5.75. The van der Waals surface area contributed by atoms with Crippen molar-refractivity contribution in [2.75, 3.05) is 13.1 Å². The Morgan fingerprint density at radius 2 is 2.06 bits per heavy atom. The van der Waals surface area contributed by atoms with E-state index >= 15 is 0 Å². The maximum absolute atomic E-state index is 12.0. The minimum Gasteiger partial charge on any atom is -0.337 e. The smallest absolute Gasteiger partial charge is 0.272 e. The zero-order chi connectivity index (χ0) is 11.4. The zero-order valence-electron chi connectivity index (χ0n) is 9.35. The Bertz CT molecular complexity index is 355. The predicted octanol–water partition coefficient (Wildman–Crippen LogP) is 1.17. The van der Waals surface area contributed by atoms with Crippen molar-refractivity contribution >= 4 is 5.91 Å². The molecular weight excluding hydrogens is 202 g/mol. The lowest BCUT2D eigenvalue weighted by molar-refractivity contribution is 0.0718. The van der Waals surface area contributed by atoms with Gasteiger partial charge in [0.05, 0.1) is 0 Å². The summed E-state index contributed by atoms with van der Waals surface area (Å²) in [6, 6.07) is 3.63. The minimum absolute atomic E-state index is 0.0447. The summed E-state index contributed by atoms with van der Waals surface area (Å²) in [5, 5.41) is 0. The van der Waals surface area contributed by atoms with Gasteiger partial charge in [0.15, 0.2) is 0 Å². The molecule has 0 spiro atoms. The lowest BCUT2D eigenvalue weighted by Crippen LogP contribution is -2.36. The molecule has 0 bridgehead atoms. The molecule has 0 aliphatic carbocycles. The van der Waals surface area contributed by atoms with Crippen LogP contribution in [0.5, 0.6) is 0 Å². The molecule has 2 heterocycles. The van der Waals surface area contributed by atoms with Crippen molar-refractivity contribution in [2.45, 2.75) is 25.8 Å². The van der Waals surface area contributed by atoms with Crippen LogP contribution in [0, 0.1) is 0 Å². The molecule has 1 saturated heterocycles. The Morgan fingerprint density at radius 1 is 1.31 bits per heavy atom. The summed E-state index contributed by atoms with van der Waals surface area (Å²) in [5.41, 5.74) is 6.96. The highest BCUT2D eigenvalue weighted by Crippen LogP contribution is 2.12. The molecule has 4 heteroatoms. The first-order chi connectivity index (χ1) is 7.81. The van der Waals surface area contributed by atoms with Crippen LogP contribution in [0.2, 0.25) is 0 Å². The van der Waals surface area contributed by atoms with Crippen molar-refractivity contribution in [1.82, 2.24) is 9.88 Å². The highest BCUT2D eigenvalue weighted by atomic mass is 16.2. The van der Waals surface area contributed by atoms with Crippen LogP contribution in [0.15, 0.2) is 18.3 Å². The first-order valence-electron chi connectivity index (χ1n) is 5.75. The SMILES string of the molecule is NCc1ccc(C(=O)N2CCCCC2)nc1. The van der Waals surface area contributed by atoms with Gasteiger partial charge in [0, 0.05) is 25.8 Å². The van der Waals surface area contributed by atoms with Gasteiger partial charge in [0.2, 0.25) is 0 Å². The number of rotatable bonds is 2. The molecule has 1 aromatic rings. The summed E-state index contributed by atoms with van der Waals surface area (Å²) < 4.78 is 0. The summed E-state index contributed by atoms with van der Waals surface area (Å²) in [5.74, 6) is 0.0447. The van der Waals surface area contributed by atoms with Crippen LogP contribution < -0.4 is 5.73 Å². The molecule has 2 rings (SSSR count). The normalized spacial score (nSPS) is 16.2. The van der Waals surface area contributed by atoms with Gasteiger partial charge in [-0.15, -0.1) is 0 Å². The topological polar surface area (TPSA) is 59.2 Å². The summed E-state index contributed by atoms with van der Waals surface area (Å²) >= 11 is 0. The lowest BCUT2D eigenvalue weighted by atomic mass is 10.1. The van der Waals surface area contributed by atoms with E-state index in [1.165, 1.54) is 6.42 Å². The van der Waals surface area contributed by atoms with Crippen molar-refractivity contribution in [3.05, 3.63) is 29.6 Å². The molecule has 86 valence electrons. The van der Waals surface area contributed by atoms with Crippen LogP contribution in [0.4, 0.5) is 0 Å². The number of carbonyl (C=O) groups is 1. The van der Waals surface area contributed by atoms with Crippen LogP contribution in [0.3, 0.4) is 0 Å². The van der Waals surface area contributed by atoms with Crippen molar-refractivity contribution < 1.29 is 4.79 Å². The number of hydrogen-bond acceptors (Lipinski definition) is 3. The van der Waals surface area contributed by atoms with Gasteiger partial charge in [-0.1, -0.05) is 6.07 Å². The number of carbonyl (C=O) groups excluding carboxylic acids is 1. The standard InChI is InChI=1S/C12H17N3O/c13-8-10-4-5-11(14-9-10)12(16)15-6-2-1-3-7-15/h4-5,9H,1-3,6-8,13H2. The Hall–Kier alpha value is -1.42. The molecule has 2 N–H and O–H groups in total. The minimum atomic E-state index is 0.0447. The van der Waals surface area contributed by atoms with E-state index in [1.807, 2.05) is 11.0 Å². The van der Waals surface area contributed by atoms with Gasteiger partial charge in [-0.2, -0.15) is 0 Å². The fourth-order valence-electron chi connectivity index (χ4n) is 1.93. The van der Waals surface area contributed by atoms with Gasteiger partial charge in [-0.25, -0.2) is 0 Å². The average Bonchev–Trinajstić information content (AvgIpc) is 2.39. The molecule has 0 unspecified atom stereocenters. The summed E-state index contributed by atoms with van der Waals surface area (Å²) in [4.78, 5) is 18.1. The number of pyridine rings is 1. The number of hydrogen-bond donors (Lipinski definition) is 1. The fraction of sp³-hybridized carbons (Fsp3) is 0.500. The molecule has 0 radical (unpaired) electrons. The van der Waals surface area contributed by atoms with Gasteiger partial charge in [-0.05, 0) is 30.9 Å². The quantitative estimate of drug-likeness (QED) is 0.812. The zero-order valence-corrected chi connectivity index (χ0v) is 9.35. The monoisotopic (exact) mass is 219 g/mol. The van der Waals surface area contributed by atoms with Crippen LogP contribution in [-0.2, 0) is 6.54 Å². The largest absolute Gasteiger partial charge is 0.337 e. The second kappa shape index (κ2) is 5.07. The second-order valence-corrected chi connectivity index (χ2v) is 4.11. The molecule has 1 aliphatic rings. The van der Waals surface area contributed by atoms with Gasteiger partial charge >= 0.3 is 0 Å².